The van der Waals surface area contributed by atoms with Crippen LogP contribution >= 0.6 is 0 Å². The standard InChI is InChI=1S/C8H13N3O3/c1-5-6(2)14-8(11-5)3-10-13-4-7(9)12/h10H,3-4H2,1-2H3,(H2,9,12). The number of aryl methyl sites for hydroxylation is 2. The summed E-state index contributed by atoms with van der Waals surface area (Å²) in [6.07, 6.45) is 0. The third kappa shape index (κ3) is 3.15. The van der Waals surface area contributed by atoms with Crippen LogP contribution in [0.2, 0.25) is 0 Å². The molecule has 0 saturated carbocycles. The molecule has 6 heteroatoms. The molecule has 1 aromatic rings. The molecule has 0 radical (unpaired) electrons. The molecule has 6 nitrogen and oxygen atoms in total. The van der Waals surface area contributed by atoms with Crippen molar-refractivity contribution in [2.45, 2.75) is 20.4 Å². The molecule has 0 fully saturated rings. The number of hydroxylamine groups is 1. The average Bonchev–Trinajstić information content (AvgIpc) is 2.40. The number of amides is 1. The second kappa shape index (κ2) is 4.73. The van der Waals surface area contributed by atoms with Crippen LogP contribution in [0.3, 0.4) is 0 Å². The van der Waals surface area contributed by atoms with E-state index in [0.717, 1.165) is 11.5 Å². The number of primary amides is 1. The largest absolute Gasteiger partial charge is 0.444 e. The van der Waals surface area contributed by atoms with E-state index in [4.69, 9.17) is 15.0 Å². The number of hydrogen-bond acceptors (Lipinski definition) is 5. The van der Waals surface area contributed by atoms with Crippen LogP contribution < -0.4 is 11.2 Å². The number of rotatable bonds is 5. The van der Waals surface area contributed by atoms with Gasteiger partial charge in [-0.15, -0.1) is 0 Å². The summed E-state index contributed by atoms with van der Waals surface area (Å²) in [5, 5.41) is 0. The average molecular weight is 199 g/mol. The normalized spacial score (nSPS) is 10.4. The fraction of sp³-hybridized carbons (Fsp3) is 0.500. The van der Waals surface area contributed by atoms with Gasteiger partial charge in [-0.2, -0.15) is 5.48 Å². The molecule has 0 aliphatic heterocycles. The maximum Gasteiger partial charge on any atom is 0.245 e. The Hall–Kier alpha value is -1.40. The van der Waals surface area contributed by atoms with Gasteiger partial charge in [0.25, 0.3) is 0 Å². The summed E-state index contributed by atoms with van der Waals surface area (Å²) >= 11 is 0. The molecule has 0 saturated heterocycles. The molecule has 0 bridgehead atoms. The number of carbonyl (C=O) groups is 1. The zero-order valence-electron chi connectivity index (χ0n) is 8.16. The number of nitrogens with one attached hydrogen (secondary N) is 1. The van der Waals surface area contributed by atoms with Crippen LogP contribution in [-0.2, 0) is 16.2 Å². The van der Waals surface area contributed by atoms with E-state index < -0.39 is 5.91 Å². The van der Waals surface area contributed by atoms with E-state index >= 15 is 0 Å². The lowest BCUT2D eigenvalue weighted by atomic mass is 10.4. The molecule has 1 aromatic heterocycles. The van der Waals surface area contributed by atoms with Gasteiger partial charge in [0.15, 0.2) is 0 Å². The minimum absolute atomic E-state index is 0.168. The van der Waals surface area contributed by atoms with Gasteiger partial charge in [-0.1, -0.05) is 0 Å². The van der Waals surface area contributed by atoms with E-state index in [1.165, 1.54) is 0 Å². The zero-order chi connectivity index (χ0) is 10.6. The molecule has 1 rings (SSSR count). The molecule has 1 amide bonds. The molecule has 3 N–H and O–H groups in total. The number of aromatic nitrogens is 1. The Labute approximate surface area is 81.4 Å². The lowest BCUT2D eigenvalue weighted by Crippen LogP contribution is -2.24. The van der Waals surface area contributed by atoms with E-state index in [2.05, 4.69) is 10.5 Å². The summed E-state index contributed by atoms with van der Waals surface area (Å²) in [5.41, 5.74) is 8.22. The zero-order valence-corrected chi connectivity index (χ0v) is 8.16. The van der Waals surface area contributed by atoms with Crippen LogP contribution in [0.15, 0.2) is 4.42 Å². The number of nitrogens with two attached hydrogens (primary N) is 1. The highest BCUT2D eigenvalue weighted by atomic mass is 16.6. The number of oxazole rings is 1. The quantitative estimate of drug-likeness (QED) is 0.506. The maximum atomic E-state index is 10.3. The van der Waals surface area contributed by atoms with E-state index in [-0.39, 0.29) is 6.61 Å². The highest BCUT2D eigenvalue weighted by Gasteiger charge is 2.04. The number of carbonyl (C=O) groups excluding carboxylic acids is 1. The van der Waals surface area contributed by atoms with Gasteiger partial charge in [-0.3, -0.25) is 9.63 Å². The monoisotopic (exact) mass is 199 g/mol. The summed E-state index contributed by atoms with van der Waals surface area (Å²) in [6, 6.07) is 0. The number of nitrogens with zero attached hydrogens (tertiary/aromatic N) is 1. The molecule has 1 heterocycles. The smallest absolute Gasteiger partial charge is 0.245 e. The first-order valence-electron chi connectivity index (χ1n) is 4.15. The van der Waals surface area contributed by atoms with Crippen LogP contribution in [0.4, 0.5) is 0 Å². The molecule has 0 unspecified atom stereocenters. The lowest BCUT2D eigenvalue weighted by Gasteiger charge is -1.99. The Bertz CT molecular complexity index is 302. The molecule has 14 heavy (non-hydrogen) atoms. The fourth-order valence-corrected chi connectivity index (χ4v) is 0.850. The minimum atomic E-state index is -0.530. The molecule has 78 valence electrons. The predicted molar refractivity (Wildman–Crippen MR) is 48.0 cm³/mol. The van der Waals surface area contributed by atoms with E-state index in [9.17, 15) is 4.79 Å². The van der Waals surface area contributed by atoms with Gasteiger partial charge in [-0.25, -0.2) is 4.98 Å². The summed E-state index contributed by atoms with van der Waals surface area (Å²) in [6.45, 7) is 3.82. The maximum absolute atomic E-state index is 10.3. The van der Waals surface area contributed by atoms with Gasteiger partial charge in [0, 0.05) is 0 Å². The first kappa shape index (κ1) is 10.7. The molecule has 0 aliphatic rings. The Morgan fingerprint density at radius 1 is 1.64 bits per heavy atom. The second-order valence-corrected chi connectivity index (χ2v) is 2.83. The lowest BCUT2D eigenvalue weighted by molar-refractivity contribution is -0.125. The highest BCUT2D eigenvalue weighted by Crippen LogP contribution is 2.07. The van der Waals surface area contributed by atoms with E-state index in [0.29, 0.717) is 12.4 Å². The third-order valence-electron chi connectivity index (χ3n) is 1.61. The summed E-state index contributed by atoms with van der Waals surface area (Å²) < 4.78 is 5.25. The highest BCUT2D eigenvalue weighted by molar-refractivity contribution is 5.74. The van der Waals surface area contributed by atoms with Gasteiger partial charge >= 0.3 is 0 Å². The van der Waals surface area contributed by atoms with Crippen LogP contribution in [0.25, 0.3) is 0 Å². The van der Waals surface area contributed by atoms with E-state index in [1.807, 2.05) is 13.8 Å². The molecular formula is C8H13N3O3. The van der Waals surface area contributed by atoms with Gasteiger partial charge in [-0.05, 0) is 13.8 Å². The van der Waals surface area contributed by atoms with Crippen LogP contribution in [0, 0.1) is 13.8 Å². The van der Waals surface area contributed by atoms with Gasteiger partial charge < -0.3 is 10.2 Å². The van der Waals surface area contributed by atoms with Crippen LogP contribution in [0.1, 0.15) is 17.3 Å². The Balaban J connectivity index is 2.28. The van der Waals surface area contributed by atoms with Crippen molar-refractivity contribution in [3.05, 3.63) is 17.3 Å². The van der Waals surface area contributed by atoms with Crippen molar-refractivity contribution < 1.29 is 14.0 Å². The van der Waals surface area contributed by atoms with Crippen molar-refractivity contribution >= 4 is 5.91 Å². The molecule has 0 aliphatic carbocycles. The fourth-order valence-electron chi connectivity index (χ4n) is 0.850. The predicted octanol–water partition coefficient (Wildman–Crippen LogP) is -0.202. The molecule has 0 spiro atoms. The van der Waals surface area contributed by atoms with Gasteiger partial charge in [0.05, 0.1) is 12.2 Å². The van der Waals surface area contributed by atoms with Crippen LogP contribution in [-0.4, -0.2) is 17.5 Å². The topological polar surface area (TPSA) is 90.4 Å². The molecule has 0 aromatic carbocycles. The number of hydrogen-bond donors (Lipinski definition) is 2. The van der Waals surface area contributed by atoms with Crippen molar-refractivity contribution in [3.63, 3.8) is 0 Å². The molecule has 0 atom stereocenters. The Morgan fingerprint density at radius 3 is 2.86 bits per heavy atom. The van der Waals surface area contributed by atoms with Crippen molar-refractivity contribution in [1.82, 2.24) is 10.5 Å². The summed E-state index contributed by atoms with van der Waals surface area (Å²) in [5.74, 6) is 0.762. The second-order valence-electron chi connectivity index (χ2n) is 2.83. The summed E-state index contributed by atoms with van der Waals surface area (Å²) in [4.78, 5) is 19.1. The van der Waals surface area contributed by atoms with Crippen LogP contribution in [0.5, 0.6) is 0 Å². The first-order valence-corrected chi connectivity index (χ1v) is 4.15. The van der Waals surface area contributed by atoms with Gasteiger partial charge in [0.2, 0.25) is 11.8 Å². The third-order valence-corrected chi connectivity index (χ3v) is 1.61. The minimum Gasteiger partial charge on any atom is -0.444 e. The SMILES string of the molecule is Cc1nc(CNOCC(N)=O)oc1C. The molecular weight excluding hydrogens is 186 g/mol. The van der Waals surface area contributed by atoms with E-state index in [1.54, 1.807) is 0 Å². The first-order chi connectivity index (χ1) is 6.59. The van der Waals surface area contributed by atoms with Crippen molar-refractivity contribution in [1.29, 1.82) is 0 Å². The van der Waals surface area contributed by atoms with Crippen molar-refractivity contribution in [2.75, 3.05) is 6.61 Å². The van der Waals surface area contributed by atoms with Crippen molar-refractivity contribution in [2.24, 2.45) is 5.73 Å². The Morgan fingerprint density at radius 2 is 2.36 bits per heavy atom. The Kier molecular flexibility index (Phi) is 3.61. The summed E-state index contributed by atoms with van der Waals surface area (Å²) in [7, 11) is 0. The van der Waals surface area contributed by atoms with Crippen molar-refractivity contribution in [3.8, 4) is 0 Å². The van der Waals surface area contributed by atoms with Gasteiger partial charge in [0.1, 0.15) is 12.4 Å².